The first kappa shape index (κ1) is 35.1. The van der Waals surface area contributed by atoms with E-state index in [1.54, 1.807) is 0 Å². The quantitative estimate of drug-likeness (QED) is 0.157. The second-order valence-electron chi connectivity index (χ2n) is 13.5. The number of aryl methyl sites for hydroxylation is 2. The van der Waals surface area contributed by atoms with Crippen molar-refractivity contribution in [3.8, 4) is 43.4 Å². The molecule has 4 aromatic heterocycles. The van der Waals surface area contributed by atoms with Gasteiger partial charge in [-0.25, -0.2) is 9.97 Å². The highest BCUT2D eigenvalue weighted by atomic mass is 32.1. The summed E-state index contributed by atoms with van der Waals surface area (Å²) in [5, 5.41) is 1.72. The molecule has 0 fully saturated rings. The Kier molecular flexibility index (Phi) is 8.14. The SMILES string of the molecule is Cc1sc(-c2cc(-c3ccccc3)c3ccccc3n2)cc1C1=C(c2cc(-c3cc(-c4ccccc4)c4ccccc4n3)sc2C)C(F)(F)C(F)(F)C1(F)F. The molecule has 0 radical (unpaired) electrons. The maximum absolute atomic E-state index is 16.2. The topological polar surface area (TPSA) is 25.8 Å². The monoisotopic (exact) mass is 774 g/mol. The molecule has 4 heterocycles. The van der Waals surface area contributed by atoms with Crippen LogP contribution in [0.4, 0.5) is 26.3 Å². The number of hydrogen-bond acceptors (Lipinski definition) is 4. The first-order valence-corrected chi connectivity index (χ1v) is 19.0. The maximum Gasteiger partial charge on any atom is 0.380 e. The number of alkyl halides is 6. The van der Waals surface area contributed by atoms with Gasteiger partial charge in [-0.2, -0.15) is 26.3 Å². The Morgan fingerprint density at radius 1 is 0.436 bits per heavy atom. The van der Waals surface area contributed by atoms with Crippen molar-refractivity contribution in [2.45, 2.75) is 31.6 Å². The lowest BCUT2D eigenvalue weighted by Crippen LogP contribution is -2.48. The van der Waals surface area contributed by atoms with Crippen molar-refractivity contribution >= 4 is 55.6 Å². The first-order chi connectivity index (χ1) is 26.4. The summed E-state index contributed by atoms with van der Waals surface area (Å²) in [6.45, 7) is 2.96. The number of aromatic nitrogens is 2. The van der Waals surface area contributed by atoms with Crippen molar-refractivity contribution in [1.29, 1.82) is 0 Å². The molecule has 0 spiro atoms. The number of nitrogens with zero attached hydrogens (tertiary/aromatic N) is 2. The van der Waals surface area contributed by atoms with E-state index in [2.05, 4.69) is 0 Å². The van der Waals surface area contributed by atoms with Crippen LogP contribution in [0.5, 0.6) is 0 Å². The number of thiophene rings is 2. The van der Waals surface area contributed by atoms with Crippen LogP contribution >= 0.6 is 22.7 Å². The van der Waals surface area contributed by atoms with Gasteiger partial charge >= 0.3 is 17.8 Å². The number of halogens is 6. The molecule has 0 saturated heterocycles. The molecule has 55 heavy (non-hydrogen) atoms. The molecule has 9 rings (SSSR count). The molecular weight excluding hydrogens is 747 g/mol. The minimum Gasteiger partial charge on any atom is -0.247 e. The van der Waals surface area contributed by atoms with E-state index in [0.717, 1.165) is 55.7 Å². The van der Waals surface area contributed by atoms with Crippen LogP contribution < -0.4 is 0 Å². The fourth-order valence-corrected chi connectivity index (χ4v) is 9.44. The molecule has 0 atom stereocenters. The second kappa shape index (κ2) is 12.7. The minimum absolute atomic E-state index is 0.184. The van der Waals surface area contributed by atoms with E-state index in [-0.39, 0.29) is 20.9 Å². The molecule has 8 aromatic rings. The molecule has 1 aliphatic rings. The van der Waals surface area contributed by atoms with Crippen LogP contribution in [0.2, 0.25) is 0 Å². The first-order valence-electron chi connectivity index (χ1n) is 17.4. The summed E-state index contributed by atoms with van der Waals surface area (Å²) in [6.07, 6.45) is 0. The summed E-state index contributed by atoms with van der Waals surface area (Å²) in [5.74, 6) is -16.1. The second-order valence-corrected chi connectivity index (χ2v) is 16.0. The van der Waals surface area contributed by atoms with Crippen molar-refractivity contribution in [2.75, 3.05) is 0 Å². The zero-order valence-electron chi connectivity index (χ0n) is 29.2. The Labute approximate surface area is 320 Å². The summed E-state index contributed by atoms with van der Waals surface area (Å²) in [7, 11) is 0. The lowest BCUT2D eigenvalue weighted by molar-refractivity contribution is -0.254. The van der Waals surface area contributed by atoms with Crippen molar-refractivity contribution in [3.63, 3.8) is 0 Å². The van der Waals surface area contributed by atoms with Gasteiger partial charge in [0.25, 0.3) is 0 Å². The molecule has 0 amide bonds. The van der Waals surface area contributed by atoms with Gasteiger partial charge in [0.1, 0.15) is 0 Å². The van der Waals surface area contributed by atoms with E-state index in [1.165, 1.54) is 26.0 Å². The molecule has 0 N–H and O–H groups in total. The molecule has 0 saturated carbocycles. The fraction of sp³-hybridized carbons (Fsp3) is 0.111. The van der Waals surface area contributed by atoms with Gasteiger partial charge in [0.2, 0.25) is 0 Å². The highest BCUT2D eigenvalue weighted by molar-refractivity contribution is 7.16. The molecule has 0 unspecified atom stereocenters. The van der Waals surface area contributed by atoms with Gasteiger partial charge in [-0.05, 0) is 83.6 Å². The standard InChI is InChI=1S/C45H28F6N2S2/c1-25-31(23-39(54-25)37-21-33(27-13-5-3-6-14-27)29-17-9-11-19-35(29)52-37)41-42(44(48,49)45(50,51)43(41,46)47)32-24-40(55-26(32)2)38-22-34(28-15-7-4-8-16-28)30-18-10-12-20-36(30)53-38/h3-24H,1-2H3. The minimum atomic E-state index is -5.70. The van der Waals surface area contributed by atoms with E-state index < -0.39 is 28.9 Å². The van der Waals surface area contributed by atoms with Gasteiger partial charge in [-0.1, -0.05) is 97.1 Å². The summed E-state index contributed by atoms with van der Waals surface area (Å²) >= 11 is 2.09. The number of hydrogen-bond donors (Lipinski definition) is 0. The highest BCUT2D eigenvalue weighted by Gasteiger charge is 2.80. The number of fused-ring (bicyclic) bond motifs is 2. The van der Waals surface area contributed by atoms with Gasteiger partial charge in [-0.15, -0.1) is 22.7 Å². The van der Waals surface area contributed by atoms with Crippen LogP contribution in [0.25, 0.3) is 76.3 Å². The van der Waals surface area contributed by atoms with Gasteiger partial charge in [0.15, 0.2) is 0 Å². The van der Waals surface area contributed by atoms with E-state index in [1.807, 2.05) is 121 Å². The number of allylic oxidation sites excluding steroid dienone is 2. The Morgan fingerprint density at radius 2 is 0.800 bits per heavy atom. The lowest BCUT2D eigenvalue weighted by atomic mass is 9.94. The average Bonchev–Trinajstić information content (AvgIpc) is 3.80. The van der Waals surface area contributed by atoms with Crippen LogP contribution in [0.15, 0.2) is 133 Å². The van der Waals surface area contributed by atoms with E-state index >= 15 is 26.3 Å². The van der Waals surface area contributed by atoms with Crippen LogP contribution in [-0.2, 0) is 0 Å². The van der Waals surface area contributed by atoms with Crippen LogP contribution in [0.3, 0.4) is 0 Å². The normalized spacial score (nSPS) is 16.0. The Hall–Kier alpha value is -5.58. The Bertz CT molecular complexity index is 2630. The predicted octanol–water partition coefficient (Wildman–Crippen LogP) is 14.0. The zero-order valence-corrected chi connectivity index (χ0v) is 30.8. The van der Waals surface area contributed by atoms with E-state index in [0.29, 0.717) is 32.2 Å². The summed E-state index contributed by atoms with van der Waals surface area (Å²) in [4.78, 5) is 10.7. The largest absolute Gasteiger partial charge is 0.380 e. The predicted molar refractivity (Wildman–Crippen MR) is 212 cm³/mol. The fourth-order valence-electron chi connectivity index (χ4n) is 7.46. The molecule has 4 aromatic carbocycles. The number of pyridine rings is 2. The molecular formula is C45H28F6N2S2. The molecule has 0 aliphatic heterocycles. The van der Waals surface area contributed by atoms with E-state index in [9.17, 15) is 0 Å². The third-order valence-electron chi connectivity index (χ3n) is 10.1. The van der Waals surface area contributed by atoms with Crippen LogP contribution in [-0.4, -0.2) is 27.7 Å². The molecule has 0 bridgehead atoms. The van der Waals surface area contributed by atoms with Crippen molar-refractivity contribution in [2.24, 2.45) is 0 Å². The molecule has 10 heteroatoms. The van der Waals surface area contributed by atoms with Gasteiger partial charge in [0.05, 0.1) is 32.2 Å². The summed E-state index contributed by atoms with van der Waals surface area (Å²) < 4.78 is 95.8. The maximum atomic E-state index is 16.2. The third-order valence-corrected chi connectivity index (χ3v) is 12.3. The lowest BCUT2D eigenvalue weighted by Gasteiger charge is -2.25. The number of benzene rings is 4. The van der Waals surface area contributed by atoms with Gasteiger partial charge in [0, 0.05) is 31.7 Å². The van der Waals surface area contributed by atoms with Gasteiger partial charge < -0.3 is 0 Å². The number of rotatable bonds is 6. The summed E-state index contributed by atoms with van der Waals surface area (Å²) in [6, 6.07) is 40.2. The summed E-state index contributed by atoms with van der Waals surface area (Å²) in [5.41, 5.74) is 2.04. The van der Waals surface area contributed by atoms with E-state index in [4.69, 9.17) is 9.97 Å². The Balaban J connectivity index is 1.23. The van der Waals surface area contributed by atoms with Crippen molar-refractivity contribution in [3.05, 3.63) is 154 Å². The van der Waals surface area contributed by atoms with Crippen molar-refractivity contribution in [1.82, 2.24) is 9.97 Å². The zero-order chi connectivity index (χ0) is 38.3. The van der Waals surface area contributed by atoms with Crippen LogP contribution in [0.1, 0.15) is 20.9 Å². The molecule has 272 valence electrons. The molecule has 1 aliphatic carbocycles. The average molecular weight is 775 g/mol. The third kappa shape index (κ3) is 5.45. The highest BCUT2D eigenvalue weighted by Crippen LogP contribution is 2.66. The smallest absolute Gasteiger partial charge is 0.247 e. The van der Waals surface area contributed by atoms with Crippen LogP contribution in [0, 0.1) is 13.8 Å². The number of para-hydroxylation sites is 2. The van der Waals surface area contributed by atoms with Gasteiger partial charge in [-0.3, -0.25) is 0 Å². The molecule has 2 nitrogen and oxygen atoms in total. The Morgan fingerprint density at radius 3 is 1.20 bits per heavy atom. The van der Waals surface area contributed by atoms with Crippen molar-refractivity contribution < 1.29 is 26.3 Å².